The summed E-state index contributed by atoms with van der Waals surface area (Å²) in [6.45, 7) is 15.9. The van der Waals surface area contributed by atoms with Gasteiger partial charge in [0, 0.05) is 11.7 Å². The van der Waals surface area contributed by atoms with E-state index in [0.717, 1.165) is 5.69 Å². The first-order valence-corrected chi connectivity index (χ1v) is 9.55. The lowest BCUT2D eigenvalue weighted by Gasteiger charge is -2.27. The average molecular weight is 389 g/mol. The van der Waals surface area contributed by atoms with Crippen molar-refractivity contribution in [1.29, 1.82) is 0 Å². The Bertz CT molecular complexity index is 789. The Morgan fingerprint density at radius 2 is 1.79 bits per heavy atom. The fourth-order valence-corrected chi connectivity index (χ4v) is 2.64. The first kappa shape index (κ1) is 21.7. The Balaban J connectivity index is 2.13. The Kier molecular flexibility index (Phi) is 6.37. The van der Waals surface area contributed by atoms with Crippen LogP contribution in [0.1, 0.15) is 65.7 Å². The third kappa shape index (κ3) is 5.97. The van der Waals surface area contributed by atoms with Gasteiger partial charge >= 0.3 is 6.09 Å². The number of alkyl carbamates (subject to hydrolysis) is 1. The molecule has 2 aromatic rings. The molecule has 0 atom stereocenters. The topological polar surface area (TPSA) is 80.5 Å². The SMILES string of the molecule is Cc1ccc(N(Cc2nc(C(C)(C)NC(=O)OC(C)(C)C)no2)C(C)C)cc1. The van der Waals surface area contributed by atoms with E-state index in [4.69, 9.17) is 9.26 Å². The molecule has 0 radical (unpaired) electrons. The van der Waals surface area contributed by atoms with Crippen molar-refractivity contribution in [2.24, 2.45) is 0 Å². The van der Waals surface area contributed by atoms with Crippen LogP contribution in [0.25, 0.3) is 0 Å². The molecule has 1 aromatic heterocycles. The van der Waals surface area contributed by atoms with Crippen molar-refractivity contribution in [3.8, 4) is 0 Å². The molecule has 1 amide bonds. The number of hydrogen-bond acceptors (Lipinski definition) is 6. The van der Waals surface area contributed by atoms with Crippen LogP contribution in [0.15, 0.2) is 28.8 Å². The van der Waals surface area contributed by atoms with Gasteiger partial charge in [0.05, 0.1) is 6.54 Å². The molecular weight excluding hydrogens is 356 g/mol. The lowest BCUT2D eigenvalue weighted by molar-refractivity contribution is 0.0465. The van der Waals surface area contributed by atoms with Gasteiger partial charge in [0.15, 0.2) is 5.82 Å². The van der Waals surface area contributed by atoms with Gasteiger partial charge in [0.25, 0.3) is 0 Å². The number of nitrogens with one attached hydrogen (secondary N) is 1. The van der Waals surface area contributed by atoms with Gasteiger partial charge in [-0.3, -0.25) is 0 Å². The summed E-state index contributed by atoms with van der Waals surface area (Å²) in [5.74, 6) is 0.893. The molecule has 7 nitrogen and oxygen atoms in total. The highest BCUT2D eigenvalue weighted by Gasteiger charge is 2.31. The first-order valence-electron chi connectivity index (χ1n) is 9.55. The van der Waals surface area contributed by atoms with Crippen LogP contribution in [0.5, 0.6) is 0 Å². The average Bonchev–Trinajstić information content (AvgIpc) is 3.00. The van der Waals surface area contributed by atoms with Gasteiger partial charge in [0.1, 0.15) is 11.1 Å². The number of aryl methyl sites for hydroxylation is 1. The van der Waals surface area contributed by atoms with E-state index in [0.29, 0.717) is 18.3 Å². The Morgan fingerprint density at radius 1 is 1.18 bits per heavy atom. The summed E-state index contributed by atoms with van der Waals surface area (Å²) in [6, 6.07) is 8.59. The molecule has 0 aliphatic rings. The number of amides is 1. The summed E-state index contributed by atoms with van der Waals surface area (Å²) >= 11 is 0. The summed E-state index contributed by atoms with van der Waals surface area (Å²) in [4.78, 5) is 18.8. The zero-order valence-corrected chi connectivity index (χ0v) is 18.2. The molecule has 154 valence electrons. The van der Waals surface area contributed by atoms with Gasteiger partial charge in [-0.1, -0.05) is 22.9 Å². The summed E-state index contributed by atoms with van der Waals surface area (Å²) < 4.78 is 10.8. The molecule has 0 unspecified atom stereocenters. The minimum atomic E-state index is -0.823. The number of carbonyl (C=O) groups is 1. The van der Waals surface area contributed by atoms with Crippen molar-refractivity contribution in [2.75, 3.05) is 4.90 Å². The standard InChI is InChI=1S/C21H32N4O3/c1-14(2)25(16-11-9-15(3)10-12-16)13-17-22-18(24-28-17)21(7,8)23-19(26)27-20(4,5)6/h9-12,14H,13H2,1-8H3,(H,23,26). The van der Waals surface area contributed by atoms with E-state index in [2.05, 4.69) is 65.4 Å². The van der Waals surface area contributed by atoms with Crippen LogP contribution in [0, 0.1) is 6.92 Å². The highest BCUT2D eigenvalue weighted by atomic mass is 16.6. The molecule has 0 fully saturated rings. The second-order valence-electron chi connectivity index (χ2n) is 8.82. The zero-order valence-electron chi connectivity index (χ0n) is 18.2. The van der Waals surface area contributed by atoms with Crippen LogP contribution in [0.2, 0.25) is 0 Å². The maximum Gasteiger partial charge on any atom is 0.408 e. The van der Waals surface area contributed by atoms with Gasteiger partial charge in [-0.25, -0.2) is 4.79 Å². The number of nitrogens with zero attached hydrogens (tertiary/aromatic N) is 3. The molecule has 1 N–H and O–H groups in total. The monoisotopic (exact) mass is 388 g/mol. The van der Waals surface area contributed by atoms with E-state index in [9.17, 15) is 4.79 Å². The highest BCUT2D eigenvalue weighted by Crippen LogP contribution is 2.22. The zero-order chi connectivity index (χ0) is 21.1. The van der Waals surface area contributed by atoms with E-state index >= 15 is 0 Å². The van der Waals surface area contributed by atoms with Crippen molar-refractivity contribution < 1.29 is 14.1 Å². The molecule has 0 saturated heterocycles. The van der Waals surface area contributed by atoms with Crippen molar-refractivity contribution in [3.63, 3.8) is 0 Å². The van der Waals surface area contributed by atoms with E-state index in [1.165, 1.54) is 5.56 Å². The molecule has 0 aliphatic carbocycles. The lowest BCUT2D eigenvalue weighted by atomic mass is 10.1. The van der Waals surface area contributed by atoms with Crippen LogP contribution >= 0.6 is 0 Å². The number of benzene rings is 1. The summed E-state index contributed by atoms with van der Waals surface area (Å²) in [5.41, 5.74) is 0.902. The van der Waals surface area contributed by atoms with Gasteiger partial charge in [-0.05, 0) is 67.5 Å². The quantitative estimate of drug-likeness (QED) is 0.782. The molecule has 0 saturated carbocycles. The fraction of sp³-hybridized carbons (Fsp3) is 0.571. The largest absolute Gasteiger partial charge is 0.444 e. The van der Waals surface area contributed by atoms with E-state index < -0.39 is 17.2 Å². The molecule has 1 heterocycles. The molecule has 7 heteroatoms. The van der Waals surface area contributed by atoms with Crippen molar-refractivity contribution in [2.45, 2.75) is 79.1 Å². The number of hydrogen-bond donors (Lipinski definition) is 1. The predicted molar refractivity (Wildman–Crippen MR) is 109 cm³/mol. The Morgan fingerprint density at radius 3 is 2.32 bits per heavy atom. The van der Waals surface area contributed by atoms with Gasteiger partial charge in [0.2, 0.25) is 5.89 Å². The maximum absolute atomic E-state index is 12.1. The summed E-state index contributed by atoms with van der Waals surface area (Å²) in [5, 5.41) is 6.87. The first-order chi connectivity index (χ1) is 12.9. The van der Waals surface area contributed by atoms with Crippen LogP contribution in [0.4, 0.5) is 10.5 Å². The summed E-state index contributed by atoms with van der Waals surface area (Å²) in [6.07, 6.45) is -0.521. The summed E-state index contributed by atoms with van der Waals surface area (Å²) in [7, 11) is 0. The molecule has 0 aliphatic heterocycles. The predicted octanol–water partition coefficient (Wildman–Crippen LogP) is 4.55. The van der Waals surface area contributed by atoms with Gasteiger partial charge < -0.3 is 19.5 Å². The number of anilines is 1. The number of ether oxygens (including phenoxy) is 1. The second kappa shape index (κ2) is 8.20. The third-order valence-corrected chi connectivity index (χ3v) is 4.14. The minimum absolute atomic E-state index is 0.256. The van der Waals surface area contributed by atoms with E-state index in [1.807, 2.05) is 34.6 Å². The normalized spacial score (nSPS) is 12.2. The van der Waals surface area contributed by atoms with Crippen molar-refractivity contribution in [3.05, 3.63) is 41.5 Å². The van der Waals surface area contributed by atoms with Crippen LogP contribution < -0.4 is 10.2 Å². The molecular formula is C21H32N4O3. The number of rotatable bonds is 6. The maximum atomic E-state index is 12.1. The number of aromatic nitrogens is 2. The smallest absolute Gasteiger partial charge is 0.408 e. The molecule has 1 aromatic carbocycles. The van der Waals surface area contributed by atoms with Crippen LogP contribution in [-0.2, 0) is 16.8 Å². The van der Waals surface area contributed by atoms with Crippen molar-refractivity contribution in [1.82, 2.24) is 15.5 Å². The third-order valence-electron chi connectivity index (χ3n) is 4.14. The second-order valence-corrected chi connectivity index (χ2v) is 8.82. The van der Waals surface area contributed by atoms with Crippen LogP contribution in [0.3, 0.4) is 0 Å². The molecule has 28 heavy (non-hydrogen) atoms. The lowest BCUT2D eigenvalue weighted by Crippen LogP contribution is -2.44. The minimum Gasteiger partial charge on any atom is -0.444 e. The van der Waals surface area contributed by atoms with Gasteiger partial charge in [-0.2, -0.15) is 4.98 Å². The molecule has 0 spiro atoms. The van der Waals surface area contributed by atoms with E-state index in [1.54, 1.807) is 0 Å². The number of carbonyl (C=O) groups excluding carboxylic acids is 1. The van der Waals surface area contributed by atoms with Crippen molar-refractivity contribution >= 4 is 11.8 Å². The fourth-order valence-electron chi connectivity index (χ4n) is 2.64. The molecule has 2 rings (SSSR count). The van der Waals surface area contributed by atoms with E-state index in [-0.39, 0.29) is 6.04 Å². The highest BCUT2D eigenvalue weighted by molar-refractivity contribution is 5.68. The Hall–Kier alpha value is -2.57. The van der Waals surface area contributed by atoms with Crippen LogP contribution in [-0.4, -0.2) is 27.9 Å². The Labute approximate surface area is 167 Å². The van der Waals surface area contributed by atoms with Gasteiger partial charge in [-0.15, -0.1) is 0 Å². The molecule has 0 bridgehead atoms.